The lowest BCUT2D eigenvalue weighted by Crippen LogP contribution is -2.50. The van der Waals surface area contributed by atoms with Crippen molar-refractivity contribution in [2.24, 2.45) is 12.8 Å². The largest absolute Gasteiger partial charge is 0.414 e. The SMILES string of the molecule is Cc1cc(C(=O)N[C@@H](CCCN)C(=O)NC2CCC[C@H]2c2n[nH]c(=S)o2)n(C)c1C. The minimum absolute atomic E-state index is 0.0362. The first-order valence-electron chi connectivity index (χ1n) is 10.3. The van der Waals surface area contributed by atoms with Gasteiger partial charge in [-0.3, -0.25) is 9.59 Å². The number of H-pyrrole nitrogens is 1. The fourth-order valence-electron chi connectivity index (χ4n) is 4.00. The van der Waals surface area contributed by atoms with Crippen LogP contribution in [0.5, 0.6) is 0 Å². The maximum Gasteiger partial charge on any atom is 0.284 e. The molecule has 0 bridgehead atoms. The van der Waals surface area contributed by atoms with E-state index in [-0.39, 0.29) is 28.6 Å². The Kier molecular flexibility index (Phi) is 7.09. The quantitative estimate of drug-likeness (QED) is 0.470. The number of carbonyl (C=O) groups excluding carboxylic acids is 2. The van der Waals surface area contributed by atoms with Gasteiger partial charge >= 0.3 is 0 Å². The Bertz CT molecular complexity index is 962. The molecule has 3 atom stereocenters. The Morgan fingerprint density at radius 2 is 2.20 bits per heavy atom. The fraction of sp³-hybridized carbons (Fsp3) is 0.600. The van der Waals surface area contributed by atoms with Crippen molar-refractivity contribution in [1.82, 2.24) is 25.4 Å². The highest BCUT2D eigenvalue weighted by Crippen LogP contribution is 2.33. The normalized spacial score (nSPS) is 19.6. The average molecular weight is 435 g/mol. The van der Waals surface area contributed by atoms with Crippen LogP contribution in [0, 0.1) is 18.7 Å². The minimum atomic E-state index is -0.663. The molecule has 10 heteroatoms. The third-order valence-corrected chi connectivity index (χ3v) is 6.13. The summed E-state index contributed by atoms with van der Waals surface area (Å²) in [6.45, 7) is 4.36. The molecule has 0 radical (unpaired) electrons. The van der Waals surface area contributed by atoms with Crippen molar-refractivity contribution >= 4 is 24.0 Å². The van der Waals surface area contributed by atoms with Gasteiger partial charge in [0.25, 0.3) is 10.7 Å². The summed E-state index contributed by atoms with van der Waals surface area (Å²) in [5.41, 5.74) is 8.22. The van der Waals surface area contributed by atoms with E-state index in [4.69, 9.17) is 22.4 Å². The number of aryl methyl sites for hydroxylation is 1. The van der Waals surface area contributed by atoms with Crippen molar-refractivity contribution in [2.45, 2.75) is 64.0 Å². The predicted octanol–water partition coefficient (Wildman–Crippen LogP) is 1.98. The van der Waals surface area contributed by atoms with Crippen molar-refractivity contribution in [3.05, 3.63) is 33.7 Å². The summed E-state index contributed by atoms with van der Waals surface area (Å²) in [6.07, 6.45) is 3.73. The summed E-state index contributed by atoms with van der Waals surface area (Å²) < 4.78 is 7.30. The molecular weight excluding hydrogens is 404 g/mol. The first kappa shape index (κ1) is 22.2. The molecule has 1 aliphatic carbocycles. The molecule has 2 aromatic rings. The molecule has 0 saturated heterocycles. The Hall–Kier alpha value is -2.46. The van der Waals surface area contributed by atoms with Gasteiger partial charge in [-0.15, -0.1) is 5.10 Å². The number of hydrogen-bond donors (Lipinski definition) is 4. The number of amides is 2. The van der Waals surface area contributed by atoms with Crippen LogP contribution >= 0.6 is 12.2 Å². The molecule has 164 valence electrons. The Labute approximate surface area is 180 Å². The highest BCUT2D eigenvalue weighted by Gasteiger charge is 2.35. The van der Waals surface area contributed by atoms with E-state index < -0.39 is 6.04 Å². The zero-order valence-corrected chi connectivity index (χ0v) is 18.5. The second kappa shape index (κ2) is 9.57. The van der Waals surface area contributed by atoms with Gasteiger partial charge in [-0.2, -0.15) is 0 Å². The van der Waals surface area contributed by atoms with Gasteiger partial charge in [0.2, 0.25) is 11.8 Å². The van der Waals surface area contributed by atoms with E-state index in [9.17, 15) is 9.59 Å². The van der Waals surface area contributed by atoms with Gasteiger partial charge < -0.3 is 25.4 Å². The molecule has 0 spiro atoms. The number of rotatable bonds is 8. The molecule has 2 aromatic heterocycles. The molecule has 2 amide bonds. The fourth-order valence-corrected chi connectivity index (χ4v) is 4.14. The molecule has 1 unspecified atom stereocenters. The summed E-state index contributed by atoms with van der Waals surface area (Å²) in [5, 5.41) is 12.7. The van der Waals surface area contributed by atoms with Crippen LogP contribution in [0.2, 0.25) is 0 Å². The predicted molar refractivity (Wildman–Crippen MR) is 115 cm³/mol. The number of hydrogen-bond acceptors (Lipinski definition) is 6. The number of aromatic amines is 1. The molecular formula is C20H30N6O3S. The molecule has 1 aliphatic rings. The van der Waals surface area contributed by atoms with Crippen molar-refractivity contribution in [3.8, 4) is 0 Å². The molecule has 30 heavy (non-hydrogen) atoms. The Balaban J connectivity index is 1.71. The van der Waals surface area contributed by atoms with Gasteiger partial charge in [0.05, 0.1) is 5.92 Å². The van der Waals surface area contributed by atoms with Crippen LogP contribution in [-0.4, -0.2) is 45.2 Å². The van der Waals surface area contributed by atoms with Crippen LogP contribution in [-0.2, 0) is 11.8 Å². The van der Waals surface area contributed by atoms with Gasteiger partial charge in [0, 0.05) is 18.8 Å². The zero-order valence-electron chi connectivity index (χ0n) is 17.7. The van der Waals surface area contributed by atoms with Crippen molar-refractivity contribution in [3.63, 3.8) is 0 Å². The number of nitrogens with one attached hydrogen (secondary N) is 3. The molecule has 2 heterocycles. The van der Waals surface area contributed by atoms with Crippen LogP contribution in [0.1, 0.15) is 65.7 Å². The maximum atomic E-state index is 13.1. The standard InChI is InChI=1S/C20H30N6O3S/c1-11-10-16(26(3)12(11)2)18(28)23-15(8-5-9-21)17(27)22-14-7-4-6-13(14)19-24-25-20(30)29-19/h10,13-15H,4-9,21H2,1-3H3,(H,22,27)(H,23,28)(H,25,30)/t13-,14?,15+/m1/s1. The average Bonchev–Trinajstić information content (AvgIpc) is 3.41. The van der Waals surface area contributed by atoms with Gasteiger partial charge in [0.15, 0.2) is 0 Å². The number of nitrogens with zero attached hydrogens (tertiary/aromatic N) is 2. The van der Waals surface area contributed by atoms with Gasteiger partial charge in [0.1, 0.15) is 11.7 Å². The minimum Gasteiger partial charge on any atom is -0.414 e. The molecule has 1 fully saturated rings. The first-order chi connectivity index (χ1) is 14.3. The monoisotopic (exact) mass is 434 g/mol. The lowest BCUT2D eigenvalue weighted by atomic mass is 10.0. The Morgan fingerprint density at radius 3 is 2.80 bits per heavy atom. The summed E-state index contributed by atoms with van der Waals surface area (Å²) in [4.78, 5) is 26.1. The van der Waals surface area contributed by atoms with Crippen molar-refractivity contribution in [2.75, 3.05) is 6.54 Å². The van der Waals surface area contributed by atoms with Crippen LogP contribution in [0.25, 0.3) is 0 Å². The van der Waals surface area contributed by atoms with Crippen LogP contribution < -0.4 is 16.4 Å². The van der Waals surface area contributed by atoms with Crippen molar-refractivity contribution < 1.29 is 14.0 Å². The van der Waals surface area contributed by atoms with Gasteiger partial charge in [-0.05, 0) is 69.9 Å². The molecule has 0 aromatic carbocycles. The zero-order chi connectivity index (χ0) is 21.8. The third-order valence-electron chi connectivity index (χ3n) is 5.96. The van der Waals surface area contributed by atoms with E-state index in [1.54, 1.807) is 0 Å². The lowest BCUT2D eigenvalue weighted by molar-refractivity contribution is -0.124. The van der Waals surface area contributed by atoms with Crippen LogP contribution in [0.15, 0.2) is 10.5 Å². The highest BCUT2D eigenvalue weighted by molar-refractivity contribution is 7.71. The number of aromatic nitrogens is 3. The Morgan fingerprint density at radius 1 is 1.43 bits per heavy atom. The molecule has 0 aliphatic heterocycles. The molecule has 9 nitrogen and oxygen atoms in total. The second-order valence-electron chi connectivity index (χ2n) is 7.92. The lowest BCUT2D eigenvalue weighted by Gasteiger charge is -2.23. The van der Waals surface area contributed by atoms with Gasteiger partial charge in [-0.25, -0.2) is 5.10 Å². The van der Waals surface area contributed by atoms with Gasteiger partial charge in [-0.1, -0.05) is 6.42 Å². The highest BCUT2D eigenvalue weighted by atomic mass is 32.1. The first-order valence-corrected chi connectivity index (χ1v) is 10.7. The smallest absolute Gasteiger partial charge is 0.284 e. The topological polar surface area (TPSA) is 131 Å². The number of carbonyl (C=O) groups is 2. The van der Waals surface area contributed by atoms with E-state index in [1.165, 1.54) is 0 Å². The van der Waals surface area contributed by atoms with E-state index in [2.05, 4.69) is 20.8 Å². The summed E-state index contributed by atoms with van der Waals surface area (Å²) in [7, 11) is 1.84. The number of nitrogens with two attached hydrogens (primary N) is 1. The second-order valence-corrected chi connectivity index (χ2v) is 8.29. The molecule has 5 N–H and O–H groups in total. The summed E-state index contributed by atoms with van der Waals surface area (Å²) in [6, 6.07) is 1.06. The third kappa shape index (κ3) is 4.81. The van der Waals surface area contributed by atoms with Crippen molar-refractivity contribution in [1.29, 1.82) is 0 Å². The molecule has 1 saturated carbocycles. The molecule has 3 rings (SSSR count). The van der Waals surface area contributed by atoms with E-state index in [0.717, 1.165) is 30.5 Å². The van der Waals surface area contributed by atoms with E-state index in [0.29, 0.717) is 31.0 Å². The maximum absolute atomic E-state index is 13.1. The van der Waals surface area contributed by atoms with Crippen LogP contribution in [0.3, 0.4) is 0 Å². The van der Waals surface area contributed by atoms with E-state index in [1.807, 2.05) is 31.5 Å². The summed E-state index contributed by atoms with van der Waals surface area (Å²) in [5.74, 6) is -0.0107. The van der Waals surface area contributed by atoms with Crippen LogP contribution in [0.4, 0.5) is 0 Å². The van der Waals surface area contributed by atoms with E-state index >= 15 is 0 Å². The summed E-state index contributed by atoms with van der Waals surface area (Å²) >= 11 is 4.97.